The summed E-state index contributed by atoms with van der Waals surface area (Å²) in [4.78, 5) is 30.6. The van der Waals surface area contributed by atoms with E-state index in [0.29, 0.717) is 31.0 Å². The minimum Gasteiger partial charge on any atom is -0.493 e. The van der Waals surface area contributed by atoms with E-state index in [1.165, 1.54) is 0 Å². The second-order valence-electron chi connectivity index (χ2n) is 6.81. The number of rotatable bonds is 7. The summed E-state index contributed by atoms with van der Waals surface area (Å²) in [6, 6.07) is 7.38. The van der Waals surface area contributed by atoms with Crippen LogP contribution in [0.15, 0.2) is 36.7 Å². The van der Waals surface area contributed by atoms with Crippen LogP contribution in [-0.4, -0.2) is 46.0 Å². The number of carbonyl (C=O) groups excluding carboxylic acids is 2. The lowest BCUT2D eigenvalue weighted by Crippen LogP contribution is -2.40. The Morgan fingerprint density at radius 3 is 2.93 bits per heavy atom. The maximum absolute atomic E-state index is 13.1. The highest BCUT2D eigenvalue weighted by molar-refractivity contribution is 5.97. The van der Waals surface area contributed by atoms with Crippen molar-refractivity contribution in [1.29, 1.82) is 0 Å². The molecule has 1 aromatic carbocycles. The number of primary amides is 1. The zero-order chi connectivity index (χ0) is 19.2. The van der Waals surface area contributed by atoms with Crippen molar-refractivity contribution in [2.24, 2.45) is 5.73 Å². The van der Waals surface area contributed by atoms with Crippen molar-refractivity contribution in [3.63, 3.8) is 0 Å². The molecule has 1 aromatic heterocycles. The minimum absolute atomic E-state index is 0.0283. The second-order valence-corrected chi connectivity index (χ2v) is 6.81. The maximum Gasteiger partial charge on any atom is 0.257 e. The Labute approximate surface area is 159 Å². The Kier molecular flexibility index (Phi) is 6.11. The standard InChI is InChI=1S/C20H26N4O3/c1-2-12-27-17-8-4-3-7-16(17)20(26)24-10-5-6-15(13-24)19-22-9-11-23(19)14-18(21)25/h3-4,7-9,11,15H,2,5-6,10,12-14H2,1H3,(H2,21,25). The fourth-order valence-corrected chi connectivity index (χ4v) is 3.51. The number of imidazole rings is 1. The summed E-state index contributed by atoms with van der Waals surface area (Å²) in [6.45, 7) is 3.99. The molecule has 1 aliphatic heterocycles. The lowest BCUT2D eigenvalue weighted by atomic mass is 9.96. The van der Waals surface area contributed by atoms with E-state index in [1.54, 1.807) is 17.0 Å². The summed E-state index contributed by atoms with van der Waals surface area (Å²) in [5.41, 5.74) is 5.91. The van der Waals surface area contributed by atoms with Crippen LogP contribution in [0.25, 0.3) is 0 Å². The number of ether oxygens (including phenoxy) is 1. The third-order valence-electron chi connectivity index (χ3n) is 4.73. The summed E-state index contributed by atoms with van der Waals surface area (Å²) in [5, 5.41) is 0. The molecule has 27 heavy (non-hydrogen) atoms. The quantitative estimate of drug-likeness (QED) is 0.809. The van der Waals surface area contributed by atoms with Crippen molar-refractivity contribution in [2.75, 3.05) is 19.7 Å². The molecular weight excluding hydrogens is 344 g/mol. The van der Waals surface area contributed by atoms with Crippen LogP contribution in [0.1, 0.15) is 48.3 Å². The van der Waals surface area contributed by atoms with Gasteiger partial charge in [0.2, 0.25) is 5.91 Å². The first kappa shape index (κ1) is 18.9. The zero-order valence-electron chi connectivity index (χ0n) is 15.6. The number of benzene rings is 1. The molecule has 0 bridgehead atoms. The molecule has 0 aliphatic carbocycles. The van der Waals surface area contributed by atoms with Crippen LogP contribution in [-0.2, 0) is 11.3 Å². The van der Waals surface area contributed by atoms with Crippen LogP contribution in [0, 0.1) is 0 Å². The number of hydrogen-bond acceptors (Lipinski definition) is 4. The molecular formula is C20H26N4O3. The molecule has 7 heteroatoms. The van der Waals surface area contributed by atoms with E-state index in [0.717, 1.165) is 25.1 Å². The molecule has 7 nitrogen and oxygen atoms in total. The van der Waals surface area contributed by atoms with Gasteiger partial charge >= 0.3 is 0 Å². The van der Waals surface area contributed by atoms with E-state index in [-0.39, 0.29) is 18.4 Å². The Bertz CT molecular complexity index is 802. The summed E-state index contributed by atoms with van der Waals surface area (Å²) in [5.74, 6) is 1.09. The van der Waals surface area contributed by atoms with Gasteiger partial charge in [0.1, 0.15) is 18.1 Å². The highest BCUT2D eigenvalue weighted by Crippen LogP contribution is 2.28. The fourth-order valence-electron chi connectivity index (χ4n) is 3.51. The molecule has 2 heterocycles. The molecule has 1 unspecified atom stereocenters. The van der Waals surface area contributed by atoms with Crippen LogP contribution in [0.3, 0.4) is 0 Å². The van der Waals surface area contributed by atoms with Crippen molar-refractivity contribution in [1.82, 2.24) is 14.5 Å². The summed E-state index contributed by atoms with van der Waals surface area (Å²) < 4.78 is 7.52. The van der Waals surface area contributed by atoms with Crippen LogP contribution in [0.4, 0.5) is 0 Å². The highest BCUT2D eigenvalue weighted by atomic mass is 16.5. The van der Waals surface area contributed by atoms with E-state index in [2.05, 4.69) is 4.98 Å². The van der Waals surface area contributed by atoms with Gasteiger partial charge in [-0.3, -0.25) is 9.59 Å². The van der Waals surface area contributed by atoms with Crippen molar-refractivity contribution < 1.29 is 14.3 Å². The predicted molar refractivity (Wildman–Crippen MR) is 102 cm³/mol. The monoisotopic (exact) mass is 370 g/mol. The number of piperidine rings is 1. The van der Waals surface area contributed by atoms with Crippen molar-refractivity contribution in [3.05, 3.63) is 48.0 Å². The van der Waals surface area contributed by atoms with Gasteiger partial charge in [0.15, 0.2) is 0 Å². The number of carbonyl (C=O) groups is 2. The van der Waals surface area contributed by atoms with Gasteiger partial charge in [0, 0.05) is 31.4 Å². The molecule has 1 saturated heterocycles. The topological polar surface area (TPSA) is 90.4 Å². The maximum atomic E-state index is 13.1. The molecule has 0 spiro atoms. The van der Waals surface area contributed by atoms with Crippen LogP contribution in [0.5, 0.6) is 5.75 Å². The van der Waals surface area contributed by atoms with Gasteiger partial charge in [-0.15, -0.1) is 0 Å². The van der Waals surface area contributed by atoms with Gasteiger partial charge in [-0.25, -0.2) is 4.98 Å². The SMILES string of the molecule is CCCOc1ccccc1C(=O)N1CCCC(c2nccn2CC(N)=O)C1. The van der Waals surface area contributed by atoms with Gasteiger partial charge < -0.3 is 19.9 Å². The first-order valence-electron chi connectivity index (χ1n) is 9.40. The third-order valence-corrected chi connectivity index (χ3v) is 4.73. The Hall–Kier alpha value is -2.83. The van der Waals surface area contributed by atoms with Crippen molar-refractivity contribution in [2.45, 2.75) is 38.6 Å². The molecule has 1 aliphatic rings. The normalized spacial score (nSPS) is 16.9. The summed E-state index contributed by atoms with van der Waals surface area (Å²) in [6.07, 6.45) is 6.13. The molecule has 2 aromatic rings. The Morgan fingerprint density at radius 1 is 1.33 bits per heavy atom. The lowest BCUT2D eigenvalue weighted by molar-refractivity contribution is -0.118. The van der Waals surface area contributed by atoms with E-state index >= 15 is 0 Å². The fraction of sp³-hybridized carbons (Fsp3) is 0.450. The van der Waals surface area contributed by atoms with Gasteiger partial charge in [-0.05, 0) is 31.4 Å². The Balaban J connectivity index is 1.76. The highest BCUT2D eigenvalue weighted by Gasteiger charge is 2.29. The van der Waals surface area contributed by atoms with Crippen LogP contribution < -0.4 is 10.5 Å². The van der Waals surface area contributed by atoms with Gasteiger partial charge in [0.05, 0.1) is 12.2 Å². The molecule has 2 N–H and O–H groups in total. The first-order valence-corrected chi connectivity index (χ1v) is 9.40. The van der Waals surface area contributed by atoms with Gasteiger partial charge in [-0.2, -0.15) is 0 Å². The average molecular weight is 370 g/mol. The lowest BCUT2D eigenvalue weighted by Gasteiger charge is -2.33. The predicted octanol–water partition coefficient (Wildman–Crippen LogP) is 2.18. The number of aromatic nitrogens is 2. The van der Waals surface area contributed by atoms with E-state index < -0.39 is 5.91 Å². The number of para-hydroxylation sites is 1. The number of hydrogen-bond donors (Lipinski definition) is 1. The van der Waals surface area contributed by atoms with Gasteiger partial charge in [0.25, 0.3) is 5.91 Å². The third kappa shape index (κ3) is 4.48. The molecule has 2 amide bonds. The Morgan fingerprint density at radius 2 is 2.15 bits per heavy atom. The van der Waals surface area contributed by atoms with Gasteiger partial charge in [-0.1, -0.05) is 19.1 Å². The number of nitrogens with two attached hydrogens (primary N) is 1. The van der Waals surface area contributed by atoms with Crippen molar-refractivity contribution >= 4 is 11.8 Å². The number of nitrogens with zero attached hydrogens (tertiary/aromatic N) is 3. The van der Waals surface area contributed by atoms with E-state index in [4.69, 9.17) is 10.5 Å². The van der Waals surface area contributed by atoms with E-state index in [9.17, 15) is 9.59 Å². The largest absolute Gasteiger partial charge is 0.493 e. The molecule has 0 saturated carbocycles. The summed E-state index contributed by atoms with van der Waals surface area (Å²) >= 11 is 0. The van der Waals surface area contributed by atoms with Crippen LogP contribution >= 0.6 is 0 Å². The molecule has 0 radical (unpaired) electrons. The smallest absolute Gasteiger partial charge is 0.257 e. The van der Waals surface area contributed by atoms with E-state index in [1.807, 2.05) is 36.1 Å². The summed E-state index contributed by atoms with van der Waals surface area (Å²) in [7, 11) is 0. The molecule has 3 rings (SSSR count). The second kappa shape index (κ2) is 8.70. The number of likely N-dealkylation sites (tertiary alicyclic amines) is 1. The molecule has 1 fully saturated rings. The zero-order valence-corrected chi connectivity index (χ0v) is 15.6. The minimum atomic E-state index is -0.403. The van der Waals surface area contributed by atoms with Crippen molar-refractivity contribution in [3.8, 4) is 5.75 Å². The molecule has 144 valence electrons. The number of amides is 2. The first-order chi connectivity index (χ1) is 13.1. The molecule has 1 atom stereocenters. The average Bonchev–Trinajstić information content (AvgIpc) is 3.13. The van der Waals surface area contributed by atoms with Crippen LogP contribution in [0.2, 0.25) is 0 Å².